The van der Waals surface area contributed by atoms with Gasteiger partial charge in [-0.05, 0) is 25.5 Å². The highest BCUT2D eigenvalue weighted by molar-refractivity contribution is 7.11. The van der Waals surface area contributed by atoms with Crippen molar-refractivity contribution in [2.45, 2.75) is 33.2 Å². The monoisotopic (exact) mass is 249 g/mol. The van der Waals surface area contributed by atoms with Gasteiger partial charge in [-0.1, -0.05) is 13.3 Å². The summed E-state index contributed by atoms with van der Waals surface area (Å²) in [6.07, 6.45) is 6.28. The highest BCUT2D eigenvalue weighted by Crippen LogP contribution is 2.18. The zero-order valence-electron chi connectivity index (χ0n) is 10.4. The van der Waals surface area contributed by atoms with Crippen molar-refractivity contribution < 1.29 is 0 Å². The number of thiophene rings is 1. The number of aromatic nitrogens is 2. The van der Waals surface area contributed by atoms with Crippen molar-refractivity contribution >= 4 is 17.3 Å². The smallest absolute Gasteiger partial charge is 0.203 e. The highest BCUT2D eigenvalue weighted by Gasteiger charge is 2.03. The van der Waals surface area contributed by atoms with E-state index < -0.39 is 0 Å². The first kappa shape index (κ1) is 12.2. The van der Waals surface area contributed by atoms with Crippen LogP contribution in [-0.2, 0) is 6.54 Å². The Bertz CT molecular complexity index is 459. The molecule has 0 unspecified atom stereocenters. The average molecular weight is 249 g/mol. The number of hydrogen-bond donors (Lipinski definition) is 1. The molecule has 0 fully saturated rings. The van der Waals surface area contributed by atoms with E-state index in [0.717, 1.165) is 19.0 Å². The van der Waals surface area contributed by atoms with Crippen molar-refractivity contribution in [3.8, 4) is 0 Å². The van der Waals surface area contributed by atoms with E-state index in [4.69, 9.17) is 0 Å². The molecule has 0 aliphatic carbocycles. The second kappa shape index (κ2) is 5.87. The summed E-state index contributed by atoms with van der Waals surface area (Å²) >= 11 is 1.85. The third-order valence-corrected chi connectivity index (χ3v) is 3.64. The minimum atomic E-state index is 0.910. The molecular formula is C13H19N3S. The topological polar surface area (TPSA) is 29.9 Å². The van der Waals surface area contributed by atoms with Gasteiger partial charge in [0.05, 0.1) is 6.54 Å². The van der Waals surface area contributed by atoms with Crippen LogP contribution in [0.3, 0.4) is 0 Å². The van der Waals surface area contributed by atoms with E-state index in [-0.39, 0.29) is 0 Å². The van der Waals surface area contributed by atoms with Gasteiger partial charge >= 0.3 is 0 Å². The summed E-state index contributed by atoms with van der Waals surface area (Å²) in [5.74, 6) is 0.976. The summed E-state index contributed by atoms with van der Waals surface area (Å²) in [5, 5.41) is 3.38. The molecule has 17 heavy (non-hydrogen) atoms. The molecule has 0 aliphatic heterocycles. The molecule has 2 aromatic rings. The lowest BCUT2D eigenvalue weighted by molar-refractivity contribution is 0.782. The van der Waals surface area contributed by atoms with Crippen LogP contribution in [0, 0.1) is 6.92 Å². The Balaban J connectivity index is 1.98. The molecule has 4 heteroatoms. The Labute approximate surface area is 107 Å². The van der Waals surface area contributed by atoms with Crippen LogP contribution in [0.5, 0.6) is 0 Å². The van der Waals surface area contributed by atoms with Crippen molar-refractivity contribution in [1.82, 2.24) is 9.55 Å². The Kier molecular flexibility index (Phi) is 4.20. The van der Waals surface area contributed by atoms with E-state index >= 15 is 0 Å². The average Bonchev–Trinajstić information content (AvgIpc) is 2.90. The largest absolute Gasteiger partial charge is 0.356 e. The zero-order chi connectivity index (χ0) is 12.1. The molecule has 0 aliphatic rings. The van der Waals surface area contributed by atoms with Gasteiger partial charge in [-0.2, -0.15) is 0 Å². The van der Waals surface area contributed by atoms with Crippen molar-refractivity contribution in [2.75, 3.05) is 11.9 Å². The number of imidazole rings is 1. The molecule has 2 heterocycles. The quantitative estimate of drug-likeness (QED) is 0.794. The van der Waals surface area contributed by atoms with Crippen LogP contribution < -0.4 is 5.32 Å². The molecule has 0 saturated heterocycles. The molecule has 3 nitrogen and oxygen atoms in total. The third kappa shape index (κ3) is 3.33. The Hall–Kier alpha value is -1.29. The van der Waals surface area contributed by atoms with Crippen LogP contribution in [0.1, 0.15) is 29.5 Å². The minimum Gasteiger partial charge on any atom is -0.356 e. The Morgan fingerprint density at radius 3 is 3.00 bits per heavy atom. The number of nitrogens with zero attached hydrogens (tertiary/aromatic N) is 2. The second-order valence-corrected chi connectivity index (χ2v) is 5.54. The van der Waals surface area contributed by atoms with Crippen LogP contribution in [0.15, 0.2) is 24.5 Å². The van der Waals surface area contributed by atoms with E-state index in [2.05, 4.69) is 40.8 Å². The molecule has 2 aromatic heterocycles. The molecule has 0 saturated carbocycles. The van der Waals surface area contributed by atoms with E-state index in [1.165, 1.54) is 22.6 Å². The van der Waals surface area contributed by atoms with Crippen LogP contribution in [0.4, 0.5) is 5.95 Å². The third-order valence-electron chi connectivity index (χ3n) is 2.65. The number of aryl methyl sites for hydroxylation is 1. The van der Waals surface area contributed by atoms with Gasteiger partial charge in [0.2, 0.25) is 5.95 Å². The van der Waals surface area contributed by atoms with Crippen LogP contribution in [0.2, 0.25) is 0 Å². The number of unbranched alkanes of at least 4 members (excludes halogenated alkanes) is 1. The number of rotatable bonds is 6. The van der Waals surface area contributed by atoms with Gasteiger partial charge in [-0.25, -0.2) is 4.98 Å². The van der Waals surface area contributed by atoms with Gasteiger partial charge in [0.25, 0.3) is 0 Å². The van der Waals surface area contributed by atoms with Gasteiger partial charge in [-0.3, -0.25) is 0 Å². The van der Waals surface area contributed by atoms with Crippen LogP contribution in [0.25, 0.3) is 0 Å². The molecule has 0 aromatic carbocycles. The summed E-state index contributed by atoms with van der Waals surface area (Å²) in [6, 6.07) is 4.36. The summed E-state index contributed by atoms with van der Waals surface area (Å²) in [5.41, 5.74) is 0. The van der Waals surface area contributed by atoms with E-state index in [1.54, 1.807) is 0 Å². The standard InChI is InChI=1S/C13H19N3S/c1-3-4-7-14-13-15-8-9-16(13)10-12-6-5-11(2)17-12/h5-6,8-9H,3-4,7,10H2,1-2H3,(H,14,15). The lowest BCUT2D eigenvalue weighted by atomic mass is 10.3. The minimum absolute atomic E-state index is 0.910. The van der Waals surface area contributed by atoms with Crippen molar-refractivity contribution in [3.05, 3.63) is 34.3 Å². The van der Waals surface area contributed by atoms with E-state index in [1.807, 2.05) is 23.7 Å². The summed E-state index contributed by atoms with van der Waals surface area (Å²) in [7, 11) is 0. The fourth-order valence-electron chi connectivity index (χ4n) is 1.72. The molecule has 0 bridgehead atoms. The SMILES string of the molecule is CCCCNc1nccn1Cc1ccc(C)s1. The Morgan fingerprint density at radius 1 is 1.41 bits per heavy atom. The van der Waals surface area contributed by atoms with Gasteiger partial charge < -0.3 is 9.88 Å². The predicted octanol–water partition coefficient (Wildman–Crippen LogP) is 3.51. The first-order chi connectivity index (χ1) is 8.29. The normalized spacial score (nSPS) is 10.7. The summed E-state index contributed by atoms with van der Waals surface area (Å²) in [6.45, 7) is 6.25. The van der Waals surface area contributed by atoms with E-state index in [0.29, 0.717) is 0 Å². The summed E-state index contributed by atoms with van der Waals surface area (Å²) < 4.78 is 2.17. The molecule has 92 valence electrons. The molecule has 0 radical (unpaired) electrons. The fourth-order valence-corrected chi connectivity index (χ4v) is 2.61. The maximum atomic E-state index is 4.35. The lowest BCUT2D eigenvalue weighted by Crippen LogP contribution is -2.08. The highest BCUT2D eigenvalue weighted by atomic mass is 32.1. The first-order valence-electron chi connectivity index (χ1n) is 6.10. The van der Waals surface area contributed by atoms with Crippen molar-refractivity contribution in [3.63, 3.8) is 0 Å². The number of nitrogens with one attached hydrogen (secondary N) is 1. The Morgan fingerprint density at radius 2 is 2.29 bits per heavy atom. The molecule has 2 rings (SSSR count). The fraction of sp³-hybridized carbons (Fsp3) is 0.462. The molecule has 0 atom stereocenters. The van der Waals surface area contributed by atoms with Gasteiger partial charge in [0.1, 0.15) is 0 Å². The maximum absolute atomic E-state index is 4.35. The number of hydrogen-bond acceptors (Lipinski definition) is 3. The number of anilines is 1. The zero-order valence-corrected chi connectivity index (χ0v) is 11.3. The van der Waals surface area contributed by atoms with Gasteiger partial charge in [0.15, 0.2) is 0 Å². The van der Waals surface area contributed by atoms with Crippen LogP contribution in [-0.4, -0.2) is 16.1 Å². The molecule has 0 amide bonds. The maximum Gasteiger partial charge on any atom is 0.203 e. The van der Waals surface area contributed by atoms with Gasteiger partial charge in [0, 0.05) is 28.7 Å². The lowest BCUT2D eigenvalue weighted by Gasteiger charge is -2.08. The first-order valence-corrected chi connectivity index (χ1v) is 6.91. The van der Waals surface area contributed by atoms with Crippen molar-refractivity contribution in [2.24, 2.45) is 0 Å². The molecular weight excluding hydrogens is 230 g/mol. The van der Waals surface area contributed by atoms with Gasteiger partial charge in [-0.15, -0.1) is 11.3 Å². The van der Waals surface area contributed by atoms with Crippen molar-refractivity contribution in [1.29, 1.82) is 0 Å². The second-order valence-electron chi connectivity index (χ2n) is 4.17. The summed E-state index contributed by atoms with van der Waals surface area (Å²) in [4.78, 5) is 7.08. The predicted molar refractivity (Wildman–Crippen MR) is 73.8 cm³/mol. The molecule has 1 N–H and O–H groups in total. The molecule has 0 spiro atoms. The van der Waals surface area contributed by atoms with Crippen LogP contribution >= 0.6 is 11.3 Å². The van der Waals surface area contributed by atoms with E-state index in [9.17, 15) is 0 Å².